The highest BCUT2D eigenvalue weighted by atomic mass is 16.5. The zero-order valence-electron chi connectivity index (χ0n) is 12.1. The first kappa shape index (κ1) is 13.9. The monoisotopic (exact) mass is 288 g/mol. The second-order valence-corrected chi connectivity index (χ2v) is 5.80. The van der Waals surface area contributed by atoms with Crippen LogP contribution >= 0.6 is 0 Å². The molecule has 0 heterocycles. The number of aromatic hydroxyl groups is 1. The number of ether oxygens (including phenoxy) is 1. The Kier molecular flexibility index (Phi) is 3.82. The van der Waals surface area contributed by atoms with Gasteiger partial charge in [-0.25, -0.2) is 5.43 Å². The molecule has 2 N–H and O–H groups in total. The van der Waals surface area contributed by atoms with Crippen molar-refractivity contribution >= 4 is 12.1 Å². The van der Waals surface area contributed by atoms with Crippen molar-refractivity contribution in [3.63, 3.8) is 0 Å². The lowest BCUT2D eigenvalue weighted by molar-refractivity contribution is -0.122. The van der Waals surface area contributed by atoms with E-state index in [9.17, 15) is 9.90 Å². The summed E-state index contributed by atoms with van der Waals surface area (Å²) >= 11 is 0. The number of hydrogen-bond donors (Lipinski definition) is 2. The molecule has 21 heavy (non-hydrogen) atoms. The average molecular weight is 288 g/mol. The normalized spacial score (nSPS) is 27.2. The van der Waals surface area contributed by atoms with E-state index in [1.165, 1.54) is 38.9 Å². The maximum Gasteiger partial charge on any atom is 0.243 e. The maximum atomic E-state index is 12.0. The SMILES string of the molecule is COc1cc(/C=N\NC(=O)C2[C@@H]3CCCC[C@@H]23)ccc1O. The number of rotatable bonds is 4. The maximum absolute atomic E-state index is 12.0. The number of benzene rings is 1. The van der Waals surface area contributed by atoms with Crippen LogP contribution in [0.2, 0.25) is 0 Å². The molecule has 3 rings (SSSR count). The number of amides is 1. The fourth-order valence-corrected chi connectivity index (χ4v) is 3.40. The highest BCUT2D eigenvalue weighted by Gasteiger charge is 2.54. The zero-order chi connectivity index (χ0) is 14.8. The molecule has 0 bridgehead atoms. The Hall–Kier alpha value is -2.04. The van der Waals surface area contributed by atoms with Crippen LogP contribution in [0.5, 0.6) is 11.5 Å². The van der Waals surface area contributed by atoms with E-state index in [0.29, 0.717) is 17.6 Å². The summed E-state index contributed by atoms with van der Waals surface area (Å²) < 4.78 is 5.03. The Morgan fingerprint density at radius 1 is 1.38 bits per heavy atom. The van der Waals surface area contributed by atoms with E-state index >= 15 is 0 Å². The first-order chi connectivity index (χ1) is 10.2. The second-order valence-electron chi connectivity index (χ2n) is 5.80. The molecular formula is C16H20N2O3. The predicted octanol–water partition coefficient (Wildman–Crippen LogP) is 2.29. The lowest BCUT2D eigenvalue weighted by Gasteiger charge is -2.04. The van der Waals surface area contributed by atoms with Crippen LogP contribution in [0.3, 0.4) is 0 Å². The highest BCUT2D eigenvalue weighted by molar-refractivity contribution is 5.85. The summed E-state index contributed by atoms with van der Waals surface area (Å²) in [6, 6.07) is 4.92. The molecule has 1 amide bonds. The zero-order valence-corrected chi connectivity index (χ0v) is 12.1. The van der Waals surface area contributed by atoms with Crippen molar-refractivity contribution < 1.29 is 14.6 Å². The number of nitrogens with one attached hydrogen (secondary N) is 1. The molecule has 0 aliphatic heterocycles. The van der Waals surface area contributed by atoms with Gasteiger partial charge in [-0.3, -0.25) is 4.79 Å². The number of phenolic OH excluding ortho intramolecular Hbond substituents is 1. The lowest BCUT2D eigenvalue weighted by Crippen LogP contribution is -2.20. The number of phenols is 1. The van der Waals surface area contributed by atoms with E-state index in [2.05, 4.69) is 10.5 Å². The molecule has 2 atom stereocenters. The van der Waals surface area contributed by atoms with Crippen molar-refractivity contribution in [2.45, 2.75) is 25.7 Å². The number of hydrogen-bond acceptors (Lipinski definition) is 4. The van der Waals surface area contributed by atoms with E-state index < -0.39 is 0 Å². The van der Waals surface area contributed by atoms with Gasteiger partial charge in [0.25, 0.3) is 0 Å². The summed E-state index contributed by atoms with van der Waals surface area (Å²) in [5.74, 6) is 1.84. The van der Waals surface area contributed by atoms with Crippen LogP contribution in [0, 0.1) is 17.8 Å². The van der Waals surface area contributed by atoms with Crippen LogP contribution in [0.25, 0.3) is 0 Å². The average Bonchev–Trinajstić information content (AvgIpc) is 3.23. The van der Waals surface area contributed by atoms with Gasteiger partial charge in [0.05, 0.1) is 13.3 Å². The Morgan fingerprint density at radius 3 is 2.76 bits per heavy atom. The quantitative estimate of drug-likeness (QED) is 0.659. The molecular weight excluding hydrogens is 268 g/mol. The van der Waals surface area contributed by atoms with E-state index in [1.54, 1.807) is 18.3 Å². The van der Waals surface area contributed by atoms with Crippen molar-refractivity contribution in [2.24, 2.45) is 22.9 Å². The molecule has 2 fully saturated rings. The number of carbonyl (C=O) groups is 1. The van der Waals surface area contributed by atoms with E-state index in [4.69, 9.17) is 4.74 Å². The van der Waals surface area contributed by atoms with Gasteiger partial charge in [0.15, 0.2) is 11.5 Å². The van der Waals surface area contributed by atoms with E-state index in [0.717, 1.165) is 5.56 Å². The first-order valence-electron chi connectivity index (χ1n) is 7.40. The van der Waals surface area contributed by atoms with Crippen molar-refractivity contribution in [3.8, 4) is 11.5 Å². The van der Waals surface area contributed by atoms with Crippen molar-refractivity contribution in [3.05, 3.63) is 23.8 Å². The van der Waals surface area contributed by atoms with Crippen LogP contribution < -0.4 is 10.2 Å². The van der Waals surface area contributed by atoms with Gasteiger partial charge in [-0.2, -0.15) is 5.10 Å². The fourth-order valence-electron chi connectivity index (χ4n) is 3.40. The van der Waals surface area contributed by atoms with Gasteiger partial charge in [-0.1, -0.05) is 12.8 Å². The van der Waals surface area contributed by atoms with Gasteiger partial charge in [0.1, 0.15) is 0 Å². The molecule has 2 saturated carbocycles. The van der Waals surface area contributed by atoms with Crippen LogP contribution in [0.1, 0.15) is 31.2 Å². The summed E-state index contributed by atoms with van der Waals surface area (Å²) in [6.45, 7) is 0. The summed E-state index contributed by atoms with van der Waals surface area (Å²) in [7, 11) is 1.49. The Balaban J connectivity index is 1.56. The third kappa shape index (κ3) is 2.86. The summed E-state index contributed by atoms with van der Waals surface area (Å²) in [5, 5.41) is 13.5. The number of carbonyl (C=O) groups excluding carboxylic acids is 1. The van der Waals surface area contributed by atoms with Crippen LogP contribution in [-0.2, 0) is 4.79 Å². The van der Waals surface area contributed by atoms with Crippen molar-refractivity contribution in [2.75, 3.05) is 7.11 Å². The number of nitrogens with zero attached hydrogens (tertiary/aromatic N) is 1. The minimum absolute atomic E-state index is 0.0360. The molecule has 5 heteroatoms. The third-order valence-corrected chi connectivity index (χ3v) is 4.55. The first-order valence-corrected chi connectivity index (χ1v) is 7.40. The van der Waals surface area contributed by atoms with Gasteiger partial charge in [0, 0.05) is 5.92 Å². The molecule has 2 aliphatic rings. The Morgan fingerprint density at radius 2 is 2.10 bits per heavy atom. The number of hydrazone groups is 1. The summed E-state index contributed by atoms with van der Waals surface area (Å²) in [5.41, 5.74) is 3.39. The van der Waals surface area contributed by atoms with Crippen LogP contribution in [-0.4, -0.2) is 24.3 Å². The summed E-state index contributed by atoms with van der Waals surface area (Å²) in [6.07, 6.45) is 6.43. The lowest BCUT2D eigenvalue weighted by atomic mass is 10.0. The van der Waals surface area contributed by atoms with Crippen molar-refractivity contribution in [1.29, 1.82) is 0 Å². The summed E-state index contributed by atoms with van der Waals surface area (Å²) in [4.78, 5) is 12.0. The minimum Gasteiger partial charge on any atom is -0.504 e. The molecule has 0 saturated heterocycles. The predicted molar refractivity (Wildman–Crippen MR) is 79.3 cm³/mol. The number of methoxy groups -OCH3 is 1. The minimum atomic E-state index is 0.0360. The van der Waals surface area contributed by atoms with Gasteiger partial charge >= 0.3 is 0 Å². The molecule has 1 aromatic carbocycles. The van der Waals surface area contributed by atoms with Crippen LogP contribution in [0.15, 0.2) is 23.3 Å². The molecule has 1 aromatic rings. The Labute approximate surface area is 124 Å². The van der Waals surface area contributed by atoms with E-state index in [-0.39, 0.29) is 17.6 Å². The van der Waals surface area contributed by atoms with Gasteiger partial charge in [-0.15, -0.1) is 0 Å². The molecule has 0 spiro atoms. The van der Waals surface area contributed by atoms with E-state index in [1.807, 2.05) is 0 Å². The van der Waals surface area contributed by atoms with Gasteiger partial charge in [-0.05, 0) is 48.4 Å². The molecule has 0 radical (unpaired) electrons. The molecule has 0 aromatic heterocycles. The van der Waals surface area contributed by atoms with Crippen LogP contribution in [0.4, 0.5) is 0 Å². The Bertz CT molecular complexity index is 559. The van der Waals surface area contributed by atoms with Gasteiger partial charge < -0.3 is 9.84 Å². The second kappa shape index (κ2) is 5.76. The fraction of sp³-hybridized carbons (Fsp3) is 0.500. The number of fused-ring (bicyclic) bond motifs is 1. The smallest absolute Gasteiger partial charge is 0.243 e. The largest absolute Gasteiger partial charge is 0.504 e. The topological polar surface area (TPSA) is 70.9 Å². The molecule has 2 aliphatic carbocycles. The highest BCUT2D eigenvalue weighted by Crippen LogP contribution is 2.55. The molecule has 5 nitrogen and oxygen atoms in total. The standard InChI is InChI=1S/C16H20N2O3/c1-21-14-8-10(6-7-13(14)19)9-17-18-16(20)15-11-4-2-3-5-12(11)15/h6-9,11-12,15,19H,2-5H2,1H3,(H,18,20)/b17-9-/t11-,12-/m1/s1. The molecule has 112 valence electrons. The van der Waals surface area contributed by atoms with Crippen molar-refractivity contribution in [1.82, 2.24) is 5.43 Å². The molecule has 0 unspecified atom stereocenters. The van der Waals surface area contributed by atoms with Gasteiger partial charge in [0.2, 0.25) is 5.91 Å². The third-order valence-electron chi connectivity index (χ3n) is 4.55.